The molecule has 1 fully saturated rings. The molecule has 1 aliphatic heterocycles. The van der Waals surface area contributed by atoms with E-state index in [9.17, 15) is 4.79 Å². The lowest BCUT2D eigenvalue weighted by Crippen LogP contribution is -2.37. The highest BCUT2D eigenvalue weighted by atomic mass is 127. The maximum absolute atomic E-state index is 11.3. The van der Waals surface area contributed by atoms with Crippen LogP contribution in [0.1, 0.15) is 32.6 Å². The number of carbonyl (C=O) groups excluding carboxylic acids is 1. The zero-order valence-electron chi connectivity index (χ0n) is 11.2. The minimum absolute atomic E-state index is 0.0566. The summed E-state index contributed by atoms with van der Waals surface area (Å²) in [7, 11) is 0. The molecule has 0 aromatic heterocycles. The van der Waals surface area contributed by atoms with Gasteiger partial charge in [0, 0.05) is 11.0 Å². The number of halogens is 1. The number of carbonyl (C=O) groups is 1. The van der Waals surface area contributed by atoms with Crippen LogP contribution in [0.5, 0.6) is 0 Å². The van der Waals surface area contributed by atoms with Crippen molar-refractivity contribution in [3.05, 3.63) is 23.6 Å². The van der Waals surface area contributed by atoms with Crippen LogP contribution in [-0.4, -0.2) is 16.4 Å². The Morgan fingerprint density at radius 2 is 2.16 bits per heavy atom. The van der Waals surface area contributed by atoms with E-state index in [1.807, 2.05) is 13.0 Å². The van der Waals surface area contributed by atoms with Crippen molar-refractivity contribution in [2.75, 3.05) is 6.61 Å². The molecule has 1 atom stereocenters. The van der Waals surface area contributed by atoms with Gasteiger partial charge in [0.1, 0.15) is 0 Å². The number of rotatable bonds is 3. The monoisotopic (exact) mass is 376 g/mol. The molecule has 106 valence electrons. The van der Waals surface area contributed by atoms with Crippen LogP contribution in [0.25, 0.3) is 0 Å². The number of primary amides is 1. The van der Waals surface area contributed by atoms with E-state index >= 15 is 0 Å². The molecule has 2 aliphatic rings. The summed E-state index contributed by atoms with van der Waals surface area (Å²) in [6.07, 6.45) is 8.13. The highest BCUT2D eigenvalue weighted by Crippen LogP contribution is 2.50. The van der Waals surface area contributed by atoms with Gasteiger partial charge in [-0.25, -0.2) is 0 Å². The maximum Gasteiger partial charge on any atom is 0.230 e. The van der Waals surface area contributed by atoms with E-state index in [4.69, 9.17) is 16.2 Å². The van der Waals surface area contributed by atoms with Crippen LogP contribution >= 0.6 is 22.6 Å². The Morgan fingerprint density at radius 3 is 2.68 bits per heavy atom. The van der Waals surface area contributed by atoms with Crippen molar-refractivity contribution in [2.45, 2.75) is 36.5 Å². The van der Waals surface area contributed by atoms with Crippen LogP contribution < -0.4 is 11.5 Å². The van der Waals surface area contributed by atoms with Gasteiger partial charge < -0.3 is 16.2 Å². The van der Waals surface area contributed by atoms with E-state index in [1.165, 1.54) is 0 Å². The van der Waals surface area contributed by atoms with Crippen molar-refractivity contribution in [3.8, 4) is 0 Å². The van der Waals surface area contributed by atoms with Crippen LogP contribution in [0.15, 0.2) is 23.6 Å². The lowest BCUT2D eigenvalue weighted by Gasteiger charge is -2.38. The Kier molecular flexibility index (Phi) is 4.43. The summed E-state index contributed by atoms with van der Waals surface area (Å²) in [5.41, 5.74) is 12.5. The van der Waals surface area contributed by atoms with Crippen LogP contribution in [0.2, 0.25) is 0 Å². The number of amides is 1. The van der Waals surface area contributed by atoms with E-state index in [0.717, 1.165) is 31.3 Å². The smallest absolute Gasteiger partial charge is 0.230 e. The molecule has 0 bridgehead atoms. The minimum atomic E-state index is -0.201. The Morgan fingerprint density at radius 1 is 1.53 bits per heavy atom. The first kappa shape index (κ1) is 14.7. The summed E-state index contributed by atoms with van der Waals surface area (Å²) < 4.78 is 5.50. The van der Waals surface area contributed by atoms with Gasteiger partial charge in [0.2, 0.25) is 5.91 Å². The topological polar surface area (TPSA) is 78.3 Å². The number of hydrogen-bond acceptors (Lipinski definition) is 3. The molecule has 0 aromatic rings. The molecule has 0 aromatic carbocycles. The Labute approximate surface area is 127 Å². The van der Waals surface area contributed by atoms with E-state index in [2.05, 4.69) is 28.7 Å². The number of ether oxygens (including phenoxy) is 1. The maximum atomic E-state index is 11.3. The number of allylic oxidation sites excluding steroid dienone is 2. The molecule has 1 spiro atoms. The fourth-order valence-corrected chi connectivity index (χ4v) is 3.91. The van der Waals surface area contributed by atoms with Crippen molar-refractivity contribution in [2.24, 2.45) is 22.8 Å². The van der Waals surface area contributed by atoms with E-state index in [0.29, 0.717) is 18.4 Å². The van der Waals surface area contributed by atoms with Gasteiger partial charge in [-0.15, -0.1) is 0 Å². The summed E-state index contributed by atoms with van der Waals surface area (Å²) in [6.45, 7) is 2.67. The van der Waals surface area contributed by atoms with Crippen LogP contribution in [-0.2, 0) is 9.53 Å². The SMILES string of the molecule is C/C=C\C1=C(N)OCC12CCC(C(I)C(N)=O)CC2. The van der Waals surface area contributed by atoms with Crippen LogP contribution in [0, 0.1) is 11.3 Å². The molecule has 19 heavy (non-hydrogen) atoms. The van der Waals surface area contributed by atoms with Gasteiger partial charge in [-0.05, 0) is 38.5 Å². The second kappa shape index (κ2) is 5.73. The summed E-state index contributed by atoms with van der Waals surface area (Å²) in [4.78, 5) is 11.3. The van der Waals surface area contributed by atoms with E-state index < -0.39 is 0 Å². The zero-order chi connectivity index (χ0) is 14.0. The fourth-order valence-electron chi connectivity index (χ4n) is 3.19. The molecule has 1 amide bonds. The molecule has 4 nitrogen and oxygen atoms in total. The number of nitrogens with two attached hydrogens (primary N) is 2. The van der Waals surface area contributed by atoms with Crippen molar-refractivity contribution < 1.29 is 9.53 Å². The fraction of sp³-hybridized carbons (Fsp3) is 0.643. The predicted molar refractivity (Wildman–Crippen MR) is 83.4 cm³/mol. The average molecular weight is 376 g/mol. The molecule has 1 aliphatic carbocycles. The number of hydrogen-bond donors (Lipinski definition) is 2. The third-order valence-electron chi connectivity index (χ3n) is 4.35. The molecule has 1 saturated carbocycles. The molecule has 2 rings (SSSR count). The highest BCUT2D eigenvalue weighted by Gasteiger charge is 2.45. The standard InChI is InChI=1S/C14H21IN2O2/c1-2-3-10-13(17)19-8-14(10)6-4-9(5-7-14)11(15)12(16)18/h2-3,9,11H,4-8,17H2,1H3,(H2,16,18)/b3-2-. The van der Waals surface area contributed by atoms with Gasteiger partial charge in [-0.1, -0.05) is 34.7 Å². The normalized spacial score (nSPS) is 32.8. The molecule has 5 heteroatoms. The first-order chi connectivity index (χ1) is 9.00. The highest BCUT2D eigenvalue weighted by molar-refractivity contribution is 14.1. The van der Waals surface area contributed by atoms with Crippen molar-refractivity contribution in [1.82, 2.24) is 0 Å². The van der Waals surface area contributed by atoms with E-state index in [-0.39, 0.29) is 15.2 Å². The Bertz CT molecular complexity index is 423. The van der Waals surface area contributed by atoms with Crippen LogP contribution in [0.3, 0.4) is 0 Å². The lowest BCUT2D eigenvalue weighted by atomic mass is 9.67. The van der Waals surface area contributed by atoms with Gasteiger partial charge >= 0.3 is 0 Å². The van der Waals surface area contributed by atoms with E-state index in [1.54, 1.807) is 0 Å². The molecule has 4 N–H and O–H groups in total. The molecule has 0 radical (unpaired) electrons. The van der Waals surface area contributed by atoms with Crippen molar-refractivity contribution >= 4 is 28.5 Å². The van der Waals surface area contributed by atoms with Crippen LogP contribution in [0.4, 0.5) is 0 Å². The number of alkyl halides is 1. The molecular formula is C14H21IN2O2. The molecule has 0 saturated heterocycles. The first-order valence-electron chi connectivity index (χ1n) is 6.69. The summed E-state index contributed by atoms with van der Waals surface area (Å²) in [5.74, 6) is 0.753. The molecular weight excluding hydrogens is 355 g/mol. The third kappa shape index (κ3) is 2.75. The summed E-state index contributed by atoms with van der Waals surface area (Å²) in [5, 5.41) is 0. The van der Waals surface area contributed by atoms with Gasteiger partial charge in [0.25, 0.3) is 0 Å². The third-order valence-corrected chi connectivity index (χ3v) is 5.98. The summed E-state index contributed by atoms with van der Waals surface area (Å²) >= 11 is 2.17. The molecule has 1 unspecified atom stereocenters. The lowest BCUT2D eigenvalue weighted by molar-refractivity contribution is -0.118. The summed E-state index contributed by atoms with van der Waals surface area (Å²) in [6, 6.07) is 0. The Hall–Kier alpha value is -0.720. The molecule has 1 heterocycles. The average Bonchev–Trinajstić information content (AvgIpc) is 2.69. The predicted octanol–water partition coefficient (Wildman–Crippen LogP) is 2.23. The van der Waals surface area contributed by atoms with Crippen molar-refractivity contribution in [3.63, 3.8) is 0 Å². The minimum Gasteiger partial charge on any atom is -0.478 e. The van der Waals surface area contributed by atoms with Gasteiger partial charge in [0.05, 0.1) is 10.5 Å². The largest absolute Gasteiger partial charge is 0.478 e. The quantitative estimate of drug-likeness (QED) is 0.586. The van der Waals surface area contributed by atoms with Gasteiger partial charge in [-0.2, -0.15) is 0 Å². The zero-order valence-corrected chi connectivity index (χ0v) is 13.4. The second-order valence-corrected chi connectivity index (χ2v) is 6.83. The second-order valence-electron chi connectivity index (χ2n) is 5.49. The first-order valence-corrected chi connectivity index (χ1v) is 7.94. The van der Waals surface area contributed by atoms with Crippen molar-refractivity contribution in [1.29, 1.82) is 0 Å². The Balaban J connectivity index is 2.09. The van der Waals surface area contributed by atoms with Gasteiger partial charge in [-0.3, -0.25) is 4.79 Å². The van der Waals surface area contributed by atoms with Gasteiger partial charge in [0.15, 0.2) is 5.88 Å².